The molecule has 0 saturated carbocycles. The van der Waals surface area contributed by atoms with Crippen LogP contribution in [0, 0.1) is 0 Å². The average Bonchev–Trinajstić information content (AvgIpc) is 3.27. The fraction of sp³-hybridized carbons (Fsp3) is 0.647. The zero-order valence-corrected chi connectivity index (χ0v) is 13.9. The van der Waals surface area contributed by atoms with E-state index in [0.29, 0.717) is 19.1 Å². The van der Waals surface area contributed by atoms with E-state index in [2.05, 4.69) is 10.3 Å². The lowest BCUT2D eigenvalue weighted by atomic mass is 10.0. The van der Waals surface area contributed by atoms with Gasteiger partial charge in [-0.05, 0) is 25.3 Å². The molecule has 2 aliphatic rings. The number of carbonyl (C=O) groups is 1. The minimum atomic E-state index is -0.189. The van der Waals surface area contributed by atoms with Gasteiger partial charge in [0, 0.05) is 31.0 Å². The lowest BCUT2D eigenvalue weighted by Crippen LogP contribution is -2.39. The van der Waals surface area contributed by atoms with Crippen molar-refractivity contribution < 1.29 is 23.7 Å². The summed E-state index contributed by atoms with van der Waals surface area (Å²) < 4.78 is 21.7. The van der Waals surface area contributed by atoms with E-state index < -0.39 is 0 Å². The zero-order chi connectivity index (χ0) is 16.8. The van der Waals surface area contributed by atoms with Crippen molar-refractivity contribution in [3.63, 3.8) is 0 Å². The third-order valence-electron chi connectivity index (χ3n) is 4.30. The Kier molecular flexibility index (Phi) is 6.01. The van der Waals surface area contributed by atoms with E-state index in [1.807, 2.05) is 6.07 Å². The number of carbonyl (C=O) groups excluding carboxylic acids is 1. The molecule has 0 aromatic carbocycles. The molecule has 0 unspecified atom stereocenters. The third kappa shape index (κ3) is 4.43. The molecule has 0 bridgehead atoms. The van der Waals surface area contributed by atoms with Crippen molar-refractivity contribution in [1.82, 2.24) is 10.3 Å². The second kappa shape index (κ2) is 8.41. The molecule has 3 heterocycles. The van der Waals surface area contributed by atoms with E-state index in [0.717, 1.165) is 31.4 Å². The summed E-state index contributed by atoms with van der Waals surface area (Å²) >= 11 is 0. The summed E-state index contributed by atoms with van der Waals surface area (Å²) in [6.07, 6.45) is 4.51. The molecule has 0 aliphatic carbocycles. The van der Waals surface area contributed by atoms with Gasteiger partial charge in [0.15, 0.2) is 0 Å². The quantitative estimate of drug-likeness (QED) is 0.807. The molecule has 1 aromatic heterocycles. The number of amides is 1. The molecule has 1 N–H and O–H groups in total. The molecule has 1 aromatic rings. The molecule has 3 atom stereocenters. The molecule has 1 amide bonds. The maximum absolute atomic E-state index is 12.1. The maximum atomic E-state index is 12.1. The average molecular weight is 336 g/mol. The smallest absolute Gasteiger partial charge is 0.246 e. The molecule has 2 aliphatic heterocycles. The largest absolute Gasteiger partial charge is 0.481 e. The van der Waals surface area contributed by atoms with Crippen LogP contribution in [-0.4, -0.2) is 56.6 Å². The summed E-state index contributed by atoms with van der Waals surface area (Å²) in [5, 5.41) is 2.99. The monoisotopic (exact) mass is 336 g/mol. The highest BCUT2D eigenvalue weighted by molar-refractivity contribution is 5.77. The van der Waals surface area contributed by atoms with Crippen molar-refractivity contribution in [3.8, 4) is 5.88 Å². The highest BCUT2D eigenvalue weighted by atomic mass is 16.5. The Balaban J connectivity index is 1.46. The lowest BCUT2D eigenvalue weighted by Gasteiger charge is -2.20. The molecular weight excluding hydrogens is 312 g/mol. The first-order valence-corrected chi connectivity index (χ1v) is 8.36. The summed E-state index contributed by atoms with van der Waals surface area (Å²) in [6, 6.07) is 3.63. The highest BCUT2D eigenvalue weighted by Crippen LogP contribution is 2.29. The fourth-order valence-corrected chi connectivity index (χ4v) is 3.05. The molecule has 0 radical (unpaired) electrons. The van der Waals surface area contributed by atoms with Gasteiger partial charge in [0.25, 0.3) is 0 Å². The van der Waals surface area contributed by atoms with Crippen LogP contribution in [0.4, 0.5) is 0 Å². The Morgan fingerprint density at radius 2 is 2.25 bits per heavy atom. The van der Waals surface area contributed by atoms with Gasteiger partial charge in [0.1, 0.15) is 12.7 Å². The lowest BCUT2D eigenvalue weighted by molar-refractivity contribution is -0.128. The molecule has 2 fully saturated rings. The Hall–Kier alpha value is -1.70. The number of hydrogen-bond donors (Lipinski definition) is 1. The topological polar surface area (TPSA) is 78.9 Å². The van der Waals surface area contributed by atoms with Crippen molar-refractivity contribution in [1.29, 1.82) is 0 Å². The van der Waals surface area contributed by atoms with Crippen molar-refractivity contribution in [2.75, 3.05) is 33.5 Å². The summed E-state index contributed by atoms with van der Waals surface area (Å²) in [7, 11) is 1.58. The van der Waals surface area contributed by atoms with Crippen molar-refractivity contribution >= 4 is 5.91 Å². The summed E-state index contributed by atoms with van der Waals surface area (Å²) in [5.41, 5.74) is 0.930. The summed E-state index contributed by atoms with van der Waals surface area (Å²) in [4.78, 5) is 16.3. The van der Waals surface area contributed by atoms with Gasteiger partial charge in [-0.2, -0.15) is 0 Å². The van der Waals surface area contributed by atoms with Crippen LogP contribution in [0.3, 0.4) is 0 Å². The molecule has 24 heavy (non-hydrogen) atoms. The van der Waals surface area contributed by atoms with Crippen LogP contribution in [0.25, 0.3) is 0 Å². The molecule has 3 rings (SSSR count). The van der Waals surface area contributed by atoms with Gasteiger partial charge in [0.05, 0.1) is 25.9 Å². The number of aromatic nitrogens is 1. The van der Waals surface area contributed by atoms with Crippen LogP contribution >= 0.6 is 0 Å². The minimum absolute atomic E-state index is 0.0456. The third-order valence-corrected chi connectivity index (χ3v) is 4.30. The van der Waals surface area contributed by atoms with Crippen molar-refractivity contribution in [2.24, 2.45) is 0 Å². The highest BCUT2D eigenvalue weighted by Gasteiger charge is 2.31. The Morgan fingerprint density at radius 1 is 1.33 bits per heavy atom. The minimum Gasteiger partial charge on any atom is -0.481 e. The normalized spacial score (nSPS) is 26.5. The van der Waals surface area contributed by atoms with Gasteiger partial charge < -0.3 is 24.3 Å². The van der Waals surface area contributed by atoms with E-state index >= 15 is 0 Å². The Bertz CT molecular complexity index is 530. The Labute approximate surface area is 141 Å². The van der Waals surface area contributed by atoms with Gasteiger partial charge in [0.2, 0.25) is 11.8 Å². The second-order valence-corrected chi connectivity index (χ2v) is 6.04. The van der Waals surface area contributed by atoms with Crippen LogP contribution in [-0.2, 0) is 19.0 Å². The van der Waals surface area contributed by atoms with Gasteiger partial charge in [-0.1, -0.05) is 0 Å². The predicted molar refractivity (Wildman–Crippen MR) is 85.8 cm³/mol. The standard InChI is InChI=1S/C17H24N2O5/c1-21-16-5-4-12(9-18-16)17-14(6-8-24-17)19-15(20)11-22-10-13-3-2-7-23-13/h4-5,9,13-14,17H,2-3,6-8,10-11H2,1H3,(H,19,20)/t13-,14+,17-/m1/s1. The van der Waals surface area contributed by atoms with Gasteiger partial charge in [-0.25, -0.2) is 4.98 Å². The molecular formula is C17H24N2O5. The van der Waals surface area contributed by atoms with Crippen LogP contribution in [0.15, 0.2) is 18.3 Å². The summed E-state index contributed by atoms with van der Waals surface area (Å²) in [5.74, 6) is 0.426. The predicted octanol–water partition coefficient (Wildman–Crippen LogP) is 1.23. The van der Waals surface area contributed by atoms with Crippen LogP contribution in [0.5, 0.6) is 5.88 Å². The first kappa shape index (κ1) is 17.1. The van der Waals surface area contributed by atoms with Crippen molar-refractivity contribution in [3.05, 3.63) is 23.9 Å². The fourth-order valence-electron chi connectivity index (χ4n) is 3.05. The number of hydrogen-bond acceptors (Lipinski definition) is 6. The number of nitrogens with one attached hydrogen (secondary N) is 1. The Morgan fingerprint density at radius 3 is 2.96 bits per heavy atom. The number of methoxy groups -OCH3 is 1. The van der Waals surface area contributed by atoms with E-state index in [1.54, 1.807) is 19.4 Å². The van der Waals surface area contributed by atoms with Crippen LogP contribution in [0.2, 0.25) is 0 Å². The molecule has 0 spiro atoms. The zero-order valence-electron chi connectivity index (χ0n) is 13.9. The summed E-state index contributed by atoms with van der Waals surface area (Å²) in [6.45, 7) is 1.92. The SMILES string of the molecule is COc1ccc([C@H]2OCC[C@@H]2NC(=O)COC[C@H]2CCCO2)cn1. The van der Waals surface area contributed by atoms with Crippen molar-refractivity contribution in [2.45, 2.75) is 37.5 Å². The van der Waals surface area contributed by atoms with E-state index in [1.165, 1.54) is 0 Å². The maximum Gasteiger partial charge on any atom is 0.246 e. The number of rotatable bonds is 7. The second-order valence-electron chi connectivity index (χ2n) is 6.04. The van der Waals surface area contributed by atoms with Crippen LogP contribution in [0.1, 0.15) is 30.9 Å². The van der Waals surface area contributed by atoms with E-state index in [-0.39, 0.29) is 30.8 Å². The van der Waals surface area contributed by atoms with Gasteiger partial charge in [-0.3, -0.25) is 4.79 Å². The molecule has 7 nitrogen and oxygen atoms in total. The number of ether oxygens (including phenoxy) is 4. The number of nitrogens with zero attached hydrogens (tertiary/aromatic N) is 1. The number of pyridine rings is 1. The van der Waals surface area contributed by atoms with Gasteiger partial charge in [-0.15, -0.1) is 0 Å². The first-order chi connectivity index (χ1) is 11.8. The van der Waals surface area contributed by atoms with Gasteiger partial charge >= 0.3 is 0 Å². The van der Waals surface area contributed by atoms with Crippen LogP contribution < -0.4 is 10.1 Å². The molecule has 2 saturated heterocycles. The van der Waals surface area contributed by atoms with E-state index in [9.17, 15) is 4.79 Å². The first-order valence-electron chi connectivity index (χ1n) is 8.36. The molecule has 132 valence electrons. The molecule has 7 heteroatoms. The van der Waals surface area contributed by atoms with E-state index in [4.69, 9.17) is 18.9 Å².